The molecule has 1 N–H and O–H groups in total. The zero-order valence-corrected chi connectivity index (χ0v) is 19.1. The summed E-state index contributed by atoms with van der Waals surface area (Å²) < 4.78 is 5.23. The maximum absolute atomic E-state index is 13.1. The highest BCUT2D eigenvalue weighted by molar-refractivity contribution is 7.20. The Hall–Kier alpha value is -2.22. The van der Waals surface area contributed by atoms with Crippen molar-refractivity contribution in [3.05, 3.63) is 42.0 Å². The number of anilines is 1. The first kappa shape index (κ1) is 22.0. The highest BCUT2D eigenvalue weighted by Crippen LogP contribution is 2.36. The molecule has 4 rings (SSSR count). The van der Waals surface area contributed by atoms with E-state index in [-0.39, 0.29) is 11.9 Å². The minimum atomic E-state index is -0.404. The summed E-state index contributed by atoms with van der Waals surface area (Å²) in [6.45, 7) is 8.26. The number of benzene rings is 1. The van der Waals surface area contributed by atoms with Crippen molar-refractivity contribution in [3.8, 4) is 10.4 Å². The fraction of sp³-hybridized carbons (Fsp3) is 0.500. The summed E-state index contributed by atoms with van der Waals surface area (Å²) in [6.07, 6.45) is 3.68. The molecular formula is C24H31N3O3S. The van der Waals surface area contributed by atoms with Gasteiger partial charge in [-0.15, -0.1) is 11.3 Å². The Bertz CT molecular complexity index is 908. The zero-order valence-electron chi connectivity index (χ0n) is 18.3. The number of ether oxygens (including phenoxy) is 1. The van der Waals surface area contributed by atoms with Crippen LogP contribution in [-0.2, 0) is 9.53 Å². The lowest BCUT2D eigenvalue weighted by Gasteiger charge is -2.26. The number of rotatable bonds is 7. The maximum Gasteiger partial charge on any atom is 0.341 e. The predicted octanol–water partition coefficient (Wildman–Crippen LogP) is 4.09. The van der Waals surface area contributed by atoms with Gasteiger partial charge in [-0.2, -0.15) is 0 Å². The smallest absolute Gasteiger partial charge is 0.341 e. The first-order valence-corrected chi connectivity index (χ1v) is 12.0. The number of amides is 1. The van der Waals surface area contributed by atoms with E-state index in [0.717, 1.165) is 30.0 Å². The van der Waals surface area contributed by atoms with E-state index in [1.54, 1.807) is 6.92 Å². The van der Waals surface area contributed by atoms with Gasteiger partial charge in [-0.3, -0.25) is 14.6 Å². The molecule has 0 saturated carbocycles. The van der Waals surface area contributed by atoms with Gasteiger partial charge in [0.15, 0.2) is 0 Å². The quantitative estimate of drug-likeness (QED) is 0.656. The second-order valence-corrected chi connectivity index (χ2v) is 9.34. The van der Waals surface area contributed by atoms with Crippen LogP contribution >= 0.6 is 11.3 Å². The molecule has 1 aromatic heterocycles. The molecule has 31 heavy (non-hydrogen) atoms. The van der Waals surface area contributed by atoms with Gasteiger partial charge in [0.2, 0.25) is 5.91 Å². The number of likely N-dealkylation sites (tertiary alicyclic amines) is 2. The van der Waals surface area contributed by atoms with Crippen LogP contribution in [0.4, 0.5) is 5.00 Å². The maximum atomic E-state index is 13.1. The second kappa shape index (κ2) is 9.94. The fourth-order valence-electron chi connectivity index (χ4n) is 4.50. The Balaban J connectivity index is 1.47. The molecule has 0 bridgehead atoms. The van der Waals surface area contributed by atoms with E-state index in [1.165, 1.54) is 37.3 Å². The summed E-state index contributed by atoms with van der Waals surface area (Å²) in [5.41, 5.74) is 1.43. The van der Waals surface area contributed by atoms with Crippen molar-refractivity contribution >= 4 is 28.2 Å². The monoisotopic (exact) mass is 441 g/mol. The van der Waals surface area contributed by atoms with E-state index < -0.39 is 5.97 Å². The van der Waals surface area contributed by atoms with Crippen molar-refractivity contribution in [1.82, 2.24) is 9.80 Å². The van der Waals surface area contributed by atoms with Gasteiger partial charge in [-0.25, -0.2) is 4.79 Å². The Morgan fingerprint density at radius 1 is 1.19 bits per heavy atom. The Morgan fingerprint density at radius 3 is 2.65 bits per heavy atom. The molecule has 0 radical (unpaired) electrons. The molecule has 2 fully saturated rings. The summed E-state index contributed by atoms with van der Waals surface area (Å²) >= 11 is 1.42. The van der Waals surface area contributed by atoms with E-state index in [2.05, 4.69) is 15.1 Å². The lowest BCUT2D eigenvalue weighted by Crippen LogP contribution is -2.43. The number of carbonyl (C=O) groups excluding carboxylic acids is 2. The number of thiophene rings is 1. The van der Waals surface area contributed by atoms with Crippen LogP contribution in [0.3, 0.4) is 0 Å². The molecule has 2 saturated heterocycles. The van der Waals surface area contributed by atoms with Crippen LogP contribution in [0.25, 0.3) is 10.4 Å². The van der Waals surface area contributed by atoms with E-state index in [1.807, 2.05) is 43.3 Å². The molecule has 2 atom stereocenters. The first-order chi connectivity index (χ1) is 15.1. The fourth-order valence-corrected chi connectivity index (χ4v) is 5.55. The van der Waals surface area contributed by atoms with Gasteiger partial charge in [0.05, 0.1) is 18.2 Å². The van der Waals surface area contributed by atoms with Gasteiger partial charge < -0.3 is 10.1 Å². The minimum Gasteiger partial charge on any atom is -0.462 e. The number of esters is 1. The standard InChI is InChI=1S/C24H31N3O3S/c1-3-30-24(29)20-15-21(18-9-5-4-6-10-18)31-23(20)25-22(28)17(2)27-14-11-19(16-27)26-12-7-8-13-26/h4-6,9-10,15,17,19H,3,7-8,11-14,16H2,1-2H3,(H,25,28). The first-order valence-electron chi connectivity index (χ1n) is 11.2. The van der Waals surface area contributed by atoms with Gasteiger partial charge >= 0.3 is 5.97 Å². The number of nitrogens with zero attached hydrogens (tertiary/aromatic N) is 2. The van der Waals surface area contributed by atoms with Crippen LogP contribution in [0.5, 0.6) is 0 Å². The molecule has 7 heteroatoms. The molecule has 2 aliphatic heterocycles. The van der Waals surface area contributed by atoms with Gasteiger partial charge in [0.25, 0.3) is 0 Å². The van der Waals surface area contributed by atoms with E-state index in [4.69, 9.17) is 4.74 Å². The van der Waals surface area contributed by atoms with Crippen LogP contribution in [0.1, 0.15) is 43.5 Å². The lowest BCUT2D eigenvalue weighted by atomic mass is 10.1. The van der Waals surface area contributed by atoms with Gasteiger partial charge in [0.1, 0.15) is 5.00 Å². The third kappa shape index (κ3) is 5.00. The minimum absolute atomic E-state index is 0.0749. The summed E-state index contributed by atoms with van der Waals surface area (Å²) in [5, 5.41) is 3.58. The van der Waals surface area contributed by atoms with Crippen LogP contribution in [-0.4, -0.2) is 66.5 Å². The summed E-state index contributed by atoms with van der Waals surface area (Å²) in [5.74, 6) is -0.478. The van der Waals surface area contributed by atoms with Crippen molar-refractivity contribution in [2.75, 3.05) is 38.1 Å². The number of nitrogens with one attached hydrogen (secondary N) is 1. The predicted molar refractivity (Wildman–Crippen MR) is 125 cm³/mol. The topological polar surface area (TPSA) is 61.9 Å². The summed E-state index contributed by atoms with van der Waals surface area (Å²) in [7, 11) is 0. The number of carbonyl (C=O) groups is 2. The van der Waals surface area contributed by atoms with Crippen molar-refractivity contribution in [2.45, 2.75) is 45.2 Å². The second-order valence-electron chi connectivity index (χ2n) is 8.29. The van der Waals surface area contributed by atoms with E-state index in [9.17, 15) is 9.59 Å². The Kier molecular flexibility index (Phi) is 7.05. The molecule has 1 amide bonds. The lowest BCUT2D eigenvalue weighted by molar-refractivity contribution is -0.120. The Morgan fingerprint density at radius 2 is 1.94 bits per heavy atom. The normalized spacial score (nSPS) is 20.6. The molecule has 0 aliphatic carbocycles. The summed E-state index contributed by atoms with van der Waals surface area (Å²) in [6, 6.07) is 12.0. The molecule has 3 heterocycles. The van der Waals surface area contributed by atoms with Crippen LogP contribution in [0, 0.1) is 0 Å². The third-order valence-corrected chi connectivity index (χ3v) is 7.40. The highest BCUT2D eigenvalue weighted by atomic mass is 32.1. The molecule has 2 aromatic rings. The van der Waals surface area contributed by atoms with Crippen LogP contribution in [0.2, 0.25) is 0 Å². The number of hydrogen-bond acceptors (Lipinski definition) is 6. The highest BCUT2D eigenvalue weighted by Gasteiger charge is 2.34. The van der Waals surface area contributed by atoms with Gasteiger partial charge in [-0.1, -0.05) is 30.3 Å². The van der Waals surface area contributed by atoms with Gasteiger partial charge in [-0.05, 0) is 57.8 Å². The molecule has 2 unspecified atom stereocenters. The van der Waals surface area contributed by atoms with E-state index in [0.29, 0.717) is 23.2 Å². The average Bonchev–Trinajstić information content (AvgIpc) is 3.54. The summed E-state index contributed by atoms with van der Waals surface area (Å²) in [4.78, 5) is 31.4. The largest absolute Gasteiger partial charge is 0.462 e. The molecular weight excluding hydrogens is 410 g/mol. The SMILES string of the molecule is CCOC(=O)c1cc(-c2ccccc2)sc1NC(=O)C(C)N1CCC(N2CCCC2)C1. The van der Waals surface area contributed by atoms with E-state index >= 15 is 0 Å². The Labute approximate surface area is 188 Å². The van der Waals surface area contributed by atoms with Crippen molar-refractivity contribution < 1.29 is 14.3 Å². The average molecular weight is 442 g/mol. The molecule has 0 spiro atoms. The van der Waals surface area contributed by atoms with Crippen LogP contribution in [0.15, 0.2) is 36.4 Å². The molecule has 6 nitrogen and oxygen atoms in total. The molecule has 166 valence electrons. The van der Waals surface area contributed by atoms with Crippen molar-refractivity contribution in [3.63, 3.8) is 0 Å². The molecule has 1 aromatic carbocycles. The van der Waals surface area contributed by atoms with Crippen LogP contribution < -0.4 is 5.32 Å². The van der Waals surface area contributed by atoms with Crippen molar-refractivity contribution in [1.29, 1.82) is 0 Å². The third-order valence-electron chi connectivity index (χ3n) is 6.30. The molecule has 2 aliphatic rings. The number of hydrogen-bond donors (Lipinski definition) is 1. The van der Waals surface area contributed by atoms with Crippen molar-refractivity contribution in [2.24, 2.45) is 0 Å². The van der Waals surface area contributed by atoms with Gasteiger partial charge in [0, 0.05) is 24.0 Å². The zero-order chi connectivity index (χ0) is 21.8.